The number of rotatable bonds is 7. The van der Waals surface area contributed by atoms with Crippen molar-refractivity contribution >= 4 is 17.6 Å². The first kappa shape index (κ1) is 20.0. The molecule has 2 N–H and O–H groups in total. The smallest absolute Gasteiger partial charge is 0.192 e. The van der Waals surface area contributed by atoms with Gasteiger partial charge in [-0.25, -0.2) is 9.98 Å². The van der Waals surface area contributed by atoms with E-state index in [1.54, 1.807) is 0 Å². The zero-order valence-corrected chi connectivity index (χ0v) is 17.0. The van der Waals surface area contributed by atoms with Crippen LogP contribution in [0.2, 0.25) is 5.02 Å². The molecule has 0 fully saturated rings. The summed E-state index contributed by atoms with van der Waals surface area (Å²) >= 11 is 6.11. The molecule has 0 saturated heterocycles. The molecule has 2 aromatic carbocycles. The first-order valence-corrected chi connectivity index (χ1v) is 9.87. The van der Waals surface area contributed by atoms with Crippen molar-refractivity contribution in [2.75, 3.05) is 6.54 Å². The van der Waals surface area contributed by atoms with Gasteiger partial charge < -0.3 is 15.2 Å². The second-order valence-corrected chi connectivity index (χ2v) is 7.01. The van der Waals surface area contributed by atoms with E-state index in [-0.39, 0.29) is 6.04 Å². The molecule has 0 spiro atoms. The van der Waals surface area contributed by atoms with Crippen LogP contribution in [0.1, 0.15) is 36.8 Å². The van der Waals surface area contributed by atoms with Crippen LogP contribution in [0.25, 0.3) is 0 Å². The summed E-state index contributed by atoms with van der Waals surface area (Å²) in [5.74, 6) is 1.68. The van der Waals surface area contributed by atoms with E-state index in [9.17, 15) is 0 Å². The number of imidazole rings is 1. The fraction of sp³-hybridized carbons (Fsp3) is 0.273. The Morgan fingerprint density at radius 2 is 2.00 bits per heavy atom. The molecule has 0 radical (unpaired) electrons. The Bertz CT molecular complexity index is 904. The van der Waals surface area contributed by atoms with Crippen molar-refractivity contribution in [2.24, 2.45) is 4.99 Å². The lowest BCUT2D eigenvalue weighted by molar-refractivity contribution is 0.677. The molecule has 0 bridgehead atoms. The fourth-order valence-electron chi connectivity index (χ4n) is 2.95. The van der Waals surface area contributed by atoms with E-state index in [1.807, 2.05) is 36.7 Å². The molecule has 28 heavy (non-hydrogen) atoms. The predicted molar refractivity (Wildman–Crippen MR) is 116 cm³/mol. The van der Waals surface area contributed by atoms with Gasteiger partial charge in [-0.3, -0.25) is 0 Å². The van der Waals surface area contributed by atoms with Gasteiger partial charge in [-0.15, -0.1) is 0 Å². The molecule has 0 aliphatic rings. The Morgan fingerprint density at radius 1 is 1.18 bits per heavy atom. The van der Waals surface area contributed by atoms with E-state index in [1.165, 1.54) is 5.56 Å². The Hall–Kier alpha value is -2.79. The van der Waals surface area contributed by atoms with Crippen LogP contribution in [0, 0.1) is 0 Å². The van der Waals surface area contributed by atoms with E-state index < -0.39 is 0 Å². The monoisotopic (exact) mass is 395 g/mol. The third-order valence-electron chi connectivity index (χ3n) is 4.42. The van der Waals surface area contributed by atoms with Gasteiger partial charge in [0.2, 0.25) is 0 Å². The zero-order chi connectivity index (χ0) is 19.8. The van der Waals surface area contributed by atoms with Crippen LogP contribution in [0.5, 0.6) is 0 Å². The maximum absolute atomic E-state index is 6.11. The minimum atomic E-state index is 0.0839. The highest BCUT2D eigenvalue weighted by atomic mass is 35.5. The predicted octanol–water partition coefficient (Wildman–Crippen LogP) is 4.40. The highest BCUT2D eigenvalue weighted by Gasteiger charge is 2.09. The van der Waals surface area contributed by atoms with Gasteiger partial charge in [0.05, 0.1) is 6.04 Å². The number of halogens is 1. The molecule has 0 saturated carbocycles. The van der Waals surface area contributed by atoms with E-state index in [4.69, 9.17) is 16.6 Å². The van der Waals surface area contributed by atoms with Crippen molar-refractivity contribution in [1.29, 1.82) is 0 Å². The molecular formula is C22H26ClN5. The van der Waals surface area contributed by atoms with Crippen LogP contribution in [0.3, 0.4) is 0 Å². The van der Waals surface area contributed by atoms with Crippen LogP contribution in [-0.4, -0.2) is 22.1 Å². The van der Waals surface area contributed by atoms with Crippen LogP contribution < -0.4 is 10.6 Å². The second kappa shape index (κ2) is 9.95. The van der Waals surface area contributed by atoms with Gasteiger partial charge in [-0.2, -0.15) is 0 Å². The fourth-order valence-corrected chi connectivity index (χ4v) is 3.15. The molecule has 0 amide bonds. The summed E-state index contributed by atoms with van der Waals surface area (Å²) in [4.78, 5) is 9.20. The van der Waals surface area contributed by atoms with E-state index in [2.05, 4.69) is 64.4 Å². The first-order chi connectivity index (χ1) is 13.7. The largest absolute Gasteiger partial charge is 0.357 e. The molecule has 6 heteroatoms. The standard InChI is InChI=1S/C22H26ClN5/c1-3-24-22(27-17(2)19-10-7-11-20(23)14-19)26-15-21-25-12-13-28(21)16-18-8-5-4-6-9-18/h4-14,17H,3,15-16H2,1-2H3,(H2,24,26,27). The average molecular weight is 396 g/mol. The Labute approximate surface area is 171 Å². The minimum absolute atomic E-state index is 0.0839. The Kier molecular flexibility index (Phi) is 7.09. The van der Waals surface area contributed by atoms with Gasteiger partial charge in [-0.05, 0) is 37.1 Å². The number of nitrogens with zero attached hydrogens (tertiary/aromatic N) is 3. The zero-order valence-electron chi connectivity index (χ0n) is 16.3. The van der Waals surface area contributed by atoms with Crippen molar-refractivity contribution in [3.05, 3.63) is 89.0 Å². The lowest BCUT2D eigenvalue weighted by Crippen LogP contribution is -2.38. The summed E-state index contributed by atoms with van der Waals surface area (Å²) in [6.07, 6.45) is 3.82. The Morgan fingerprint density at radius 3 is 2.75 bits per heavy atom. The Balaban J connectivity index is 1.69. The van der Waals surface area contributed by atoms with Gasteiger partial charge in [0, 0.05) is 30.5 Å². The maximum Gasteiger partial charge on any atom is 0.192 e. The molecule has 146 valence electrons. The van der Waals surface area contributed by atoms with Crippen molar-refractivity contribution in [2.45, 2.75) is 33.0 Å². The van der Waals surface area contributed by atoms with Crippen LogP contribution in [0.15, 0.2) is 72.0 Å². The highest BCUT2D eigenvalue weighted by molar-refractivity contribution is 6.30. The number of nitrogens with one attached hydrogen (secondary N) is 2. The summed E-state index contributed by atoms with van der Waals surface area (Å²) in [5.41, 5.74) is 2.36. The lowest BCUT2D eigenvalue weighted by Gasteiger charge is -2.18. The second-order valence-electron chi connectivity index (χ2n) is 6.57. The summed E-state index contributed by atoms with van der Waals surface area (Å²) in [7, 11) is 0. The number of hydrogen-bond donors (Lipinski definition) is 2. The quantitative estimate of drug-likeness (QED) is 0.460. The maximum atomic E-state index is 6.11. The average Bonchev–Trinajstić information content (AvgIpc) is 3.14. The SMILES string of the molecule is CCNC(=NCc1nccn1Cc1ccccc1)NC(C)c1cccc(Cl)c1. The molecule has 3 rings (SSSR count). The van der Waals surface area contributed by atoms with Gasteiger partial charge in [0.1, 0.15) is 12.4 Å². The molecule has 1 heterocycles. The van der Waals surface area contributed by atoms with Crippen LogP contribution in [-0.2, 0) is 13.1 Å². The molecule has 3 aromatic rings. The van der Waals surface area contributed by atoms with Gasteiger partial charge in [0.15, 0.2) is 5.96 Å². The third kappa shape index (κ3) is 5.60. The summed E-state index contributed by atoms with van der Waals surface area (Å²) in [6, 6.07) is 18.3. The minimum Gasteiger partial charge on any atom is -0.357 e. The molecule has 1 unspecified atom stereocenters. The summed E-state index contributed by atoms with van der Waals surface area (Å²) in [6.45, 7) is 6.21. The number of hydrogen-bond acceptors (Lipinski definition) is 2. The van der Waals surface area contributed by atoms with Crippen molar-refractivity contribution in [1.82, 2.24) is 20.2 Å². The van der Waals surface area contributed by atoms with Crippen molar-refractivity contribution in [3.8, 4) is 0 Å². The normalized spacial score (nSPS) is 12.6. The van der Waals surface area contributed by atoms with Crippen LogP contribution >= 0.6 is 11.6 Å². The molecular weight excluding hydrogens is 370 g/mol. The number of guanidine groups is 1. The van der Waals surface area contributed by atoms with Crippen molar-refractivity contribution in [3.63, 3.8) is 0 Å². The molecule has 5 nitrogen and oxygen atoms in total. The summed E-state index contributed by atoms with van der Waals surface area (Å²) in [5, 5.41) is 7.47. The van der Waals surface area contributed by atoms with Gasteiger partial charge in [-0.1, -0.05) is 54.1 Å². The molecule has 0 aliphatic carbocycles. The van der Waals surface area contributed by atoms with Gasteiger partial charge >= 0.3 is 0 Å². The third-order valence-corrected chi connectivity index (χ3v) is 4.66. The molecule has 1 aromatic heterocycles. The number of aliphatic imine (C=N–C) groups is 1. The number of aromatic nitrogens is 2. The lowest BCUT2D eigenvalue weighted by atomic mass is 10.1. The summed E-state index contributed by atoms with van der Waals surface area (Å²) < 4.78 is 2.13. The molecule has 0 aliphatic heterocycles. The van der Waals surface area contributed by atoms with Crippen molar-refractivity contribution < 1.29 is 0 Å². The number of benzene rings is 2. The van der Waals surface area contributed by atoms with Crippen LogP contribution in [0.4, 0.5) is 0 Å². The van der Waals surface area contributed by atoms with Gasteiger partial charge in [0.25, 0.3) is 0 Å². The first-order valence-electron chi connectivity index (χ1n) is 9.50. The molecule has 1 atom stereocenters. The van der Waals surface area contributed by atoms with E-state index >= 15 is 0 Å². The topological polar surface area (TPSA) is 54.2 Å². The highest BCUT2D eigenvalue weighted by Crippen LogP contribution is 2.17. The van der Waals surface area contributed by atoms with E-state index in [0.717, 1.165) is 35.5 Å². The van der Waals surface area contributed by atoms with E-state index in [0.29, 0.717) is 6.54 Å².